The molecule has 2 saturated heterocycles. The third-order valence-electron chi connectivity index (χ3n) is 4.08. The van der Waals surface area contributed by atoms with Crippen LogP contribution in [0.3, 0.4) is 0 Å². The van der Waals surface area contributed by atoms with Gasteiger partial charge in [0.1, 0.15) is 0 Å². The first-order chi connectivity index (χ1) is 9.01. The van der Waals surface area contributed by atoms with Gasteiger partial charge < -0.3 is 9.84 Å². The van der Waals surface area contributed by atoms with Gasteiger partial charge in [-0.05, 0) is 43.4 Å². The van der Waals surface area contributed by atoms with Gasteiger partial charge >= 0.3 is 0 Å². The first kappa shape index (κ1) is 13.2. The highest BCUT2D eigenvalue weighted by atomic mass is 32.2. The molecule has 0 spiro atoms. The monoisotopic (exact) mass is 286 g/mol. The highest BCUT2D eigenvalue weighted by molar-refractivity contribution is 8.00. The Balaban J connectivity index is 1.99. The molecule has 0 aromatic heterocycles. The van der Waals surface area contributed by atoms with E-state index in [0.717, 1.165) is 18.9 Å². The number of aliphatic hydroxyl groups is 1. The zero-order chi connectivity index (χ0) is 13.6. The van der Waals surface area contributed by atoms with Crippen LogP contribution < -0.4 is 4.74 Å². The smallest absolute Gasteiger partial charge is 0.200 e. The van der Waals surface area contributed by atoms with Gasteiger partial charge in [-0.2, -0.15) is 16.2 Å². The molecule has 1 aromatic carbocycles. The summed E-state index contributed by atoms with van der Waals surface area (Å²) in [6, 6.07) is 2.53. The summed E-state index contributed by atoms with van der Waals surface area (Å²) in [7, 11) is 1.30. The Labute approximate surface area is 115 Å². The molecular weight excluding hydrogens is 270 g/mol. The summed E-state index contributed by atoms with van der Waals surface area (Å²) < 4.78 is 31.9. The molecule has 2 nitrogen and oxygen atoms in total. The minimum absolute atomic E-state index is 0.144. The molecule has 1 N–H and O–H groups in total. The van der Waals surface area contributed by atoms with Crippen molar-refractivity contribution in [2.24, 2.45) is 0 Å². The van der Waals surface area contributed by atoms with Gasteiger partial charge in [0.05, 0.1) is 12.7 Å². The van der Waals surface area contributed by atoms with Gasteiger partial charge in [-0.1, -0.05) is 0 Å². The van der Waals surface area contributed by atoms with E-state index < -0.39 is 17.2 Å². The summed E-state index contributed by atoms with van der Waals surface area (Å²) in [5.74, 6) is -2.11. The van der Waals surface area contributed by atoms with Gasteiger partial charge in [-0.3, -0.25) is 0 Å². The topological polar surface area (TPSA) is 29.5 Å². The van der Waals surface area contributed by atoms with E-state index in [0.29, 0.717) is 28.9 Å². The fourth-order valence-corrected chi connectivity index (χ4v) is 4.97. The van der Waals surface area contributed by atoms with Crippen molar-refractivity contribution in [1.82, 2.24) is 0 Å². The molecule has 0 radical (unpaired) electrons. The number of ether oxygens (including phenoxy) is 1. The van der Waals surface area contributed by atoms with Crippen molar-refractivity contribution < 1.29 is 18.6 Å². The van der Waals surface area contributed by atoms with E-state index in [1.54, 1.807) is 0 Å². The van der Waals surface area contributed by atoms with Crippen LogP contribution in [0.15, 0.2) is 12.1 Å². The second-order valence-electron chi connectivity index (χ2n) is 5.37. The molecule has 2 aliphatic rings. The third-order valence-corrected chi connectivity index (χ3v) is 5.65. The predicted octanol–water partition coefficient (Wildman–Crippen LogP) is 3.22. The quantitative estimate of drug-likeness (QED) is 0.905. The second-order valence-corrected chi connectivity index (χ2v) is 6.98. The molecule has 2 unspecified atom stereocenters. The minimum Gasteiger partial charge on any atom is -0.494 e. The molecule has 1 aromatic rings. The average Bonchev–Trinajstić information content (AvgIpc) is 2.72. The number of fused-ring (bicyclic) bond motifs is 2. The van der Waals surface area contributed by atoms with Gasteiger partial charge in [-0.25, -0.2) is 4.39 Å². The zero-order valence-corrected chi connectivity index (χ0v) is 11.5. The molecule has 0 saturated carbocycles. The lowest BCUT2D eigenvalue weighted by Gasteiger charge is -2.36. The summed E-state index contributed by atoms with van der Waals surface area (Å²) in [5.41, 5.74) is -0.626. The Morgan fingerprint density at radius 3 is 2.47 bits per heavy atom. The number of hydrogen-bond acceptors (Lipinski definition) is 3. The molecule has 104 valence electrons. The largest absolute Gasteiger partial charge is 0.494 e. The fourth-order valence-electron chi connectivity index (χ4n) is 3.13. The van der Waals surface area contributed by atoms with E-state index >= 15 is 0 Å². The van der Waals surface area contributed by atoms with Crippen LogP contribution in [0.5, 0.6) is 5.75 Å². The molecule has 3 rings (SSSR count). The Hall–Kier alpha value is -0.810. The molecule has 2 bridgehead atoms. The van der Waals surface area contributed by atoms with Crippen molar-refractivity contribution in [3.05, 3.63) is 29.3 Å². The fraction of sp³-hybridized carbons (Fsp3) is 0.571. The van der Waals surface area contributed by atoms with Crippen LogP contribution in [0.1, 0.15) is 31.2 Å². The Morgan fingerprint density at radius 2 is 1.89 bits per heavy atom. The van der Waals surface area contributed by atoms with E-state index in [2.05, 4.69) is 0 Å². The SMILES string of the molecule is COc1cc(C2(O)CC3CCC(C2)S3)cc(F)c1F. The van der Waals surface area contributed by atoms with E-state index in [-0.39, 0.29) is 5.75 Å². The molecular formula is C14H16F2O2S. The lowest BCUT2D eigenvalue weighted by molar-refractivity contribution is 0.0190. The van der Waals surface area contributed by atoms with Crippen molar-refractivity contribution in [2.45, 2.75) is 41.8 Å². The number of thioether (sulfide) groups is 1. The maximum absolute atomic E-state index is 13.6. The minimum atomic E-state index is -1.06. The Bertz CT molecular complexity index is 494. The van der Waals surface area contributed by atoms with Crippen molar-refractivity contribution in [2.75, 3.05) is 7.11 Å². The number of halogens is 2. The Kier molecular flexibility index (Phi) is 3.21. The van der Waals surface area contributed by atoms with E-state index in [4.69, 9.17) is 4.74 Å². The summed E-state index contributed by atoms with van der Waals surface area (Å²) in [6.07, 6.45) is 3.39. The van der Waals surface area contributed by atoms with E-state index in [9.17, 15) is 13.9 Å². The maximum Gasteiger partial charge on any atom is 0.200 e. The molecule has 0 aliphatic carbocycles. The number of methoxy groups -OCH3 is 1. The third kappa shape index (κ3) is 2.23. The lowest BCUT2D eigenvalue weighted by Crippen LogP contribution is -2.34. The van der Waals surface area contributed by atoms with Gasteiger partial charge in [0.2, 0.25) is 5.82 Å². The summed E-state index contributed by atoms with van der Waals surface area (Å²) in [4.78, 5) is 0. The molecule has 2 atom stereocenters. The van der Waals surface area contributed by atoms with Crippen molar-refractivity contribution in [3.63, 3.8) is 0 Å². The molecule has 5 heteroatoms. The van der Waals surface area contributed by atoms with Crippen molar-refractivity contribution in [3.8, 4) is 5.75 Å². The van der Waals surface area contributed by atoms with Crippen LogP contribution in [0.25, 0.3) is 0 Å². The highest BCUT2D eigenvalue weighted by Crippen LogP contribution is 2.51. The van der Waals surface area contributed by atoms with Crippen LogP contribution in [-0.4, -0.2) is 22.7 Å². The van der Waals surface area contributed by atoms with Crippen LogP contribution in [-0.2, 0) is 5.60 Å². The van der Waals surface area contributed by atoms with Crippen LogP contribution >= 0.6 is 11.8 Å². The average molecular weight is 286 g/mol. The maximum atomic E-state index is 13.6. The first-order valence-electron chi connectivity index (χ1n) is 6.43. The van der Waals surface area contributed by atoms with Crippen LogP contribution in [0.4, 0.5) is 8.78 Å². The van der Waals surface area contributed by atoms with Gasteiger partial charge in [0.15, 0.2) is 11.6 Å². The first-order valence-corrected chi connectivity index (χ1v) is 7.37. The molecule has 0 amide bonds. The van der Waals surface area contributed by atoms with E-state index in [1.807, 2.05) is 11.8 Å². The standard InChI is InChI=1S/C14H16F2O2S/c1-18-12-5-8(4-11(15)13(12)16)14(17)6-9-2-3-10(7-14)19-9/h4-5,9-10,17H,2-3,6-7H2,1H3. The summed E-state index contributed by atoms with van der Waals surface area (Å²) >= 11 is 1.91. The second kappa shape index (κ2) is 4.63. The van der Waals surface area contributed by atoms with Crippen molar-refractivity contribution >= 4 is 11.8 Å². The molecule has 2 heterocycles. The normalized spacial score (nSPS) is 33.5. The Morgan fingerprint density at radius 1 is 1.26 bits per heavy atom. The van der Waals surface area contributed by atoms with Crippen LogP contribution in [0, 0.1) is 11.6 Å². The number of hydrogen-bond donors (Lipinski definition) is 1. The number of rotatable bonds is 2. The predicted molar refractivity (Wildman–Crippen MR) is 70.4 cm³/mol. The molecule has 19 heavy (non-hydrogen) atoms. The molecule has 2 fully saturated rings. The van der Waals surface area contributed by atoms with Crippen LogP contribution in [0.2, 0.25) is 0 Å². The lowest BCUT2D eigenvalue weighted by atomic mass is 9.85. The van der Waals surface area contributed by atoms with E-state index in [1.165, 1.54) is 13.2 Å². The molecule has 2 aliphatic heterocycles. The number of benzene rings is 1. The van der Waals surface area contributed by atoms with Crippen molar-refractivity contribution in [1.29, 1.82) is 0 Å². The van der Waals surface area contributed by atoms with Gasteiger partial charge in [0, 0.05) is 10.5 Å². The summed E-state index contributed by atoms with van der Waals surface area (Å²) in [6.45, 7) is 0. The van der Waals surface area contributed by atoms with Gasteiger partial charge in [0.25, 0.3) is 0 Å². The van der Waals surface area contributed by atoms with Gasteiger partial charge in [-0.15, -0.1) is 0 Å². The zero-order valence-electron chi connectivity index (χ0n) is 10.7. The highest BCUT2D eigenvalue weighted by Gasteiger charge is 2.44. The summed E-state index contributed by atoms with van der Waals surface area (Å²) in [5, 5.41) is 11.6.